The van der Waals surface area contributed by atoms with Gasteiger partial charge in [0.15, 0.2) is 11.4 Å². The van der Waals surface area contributed by atoms with Crippen molar-refractivity contribution in [2.45, 2.75) is 21.3 Å². The highest BCUT2D eigenvalue weighted by Gasteiger charge is 2.12. The van der Waals surface area contributed by atoms with E-state index in [0.717, 1.165) is 17.1 Å². The van der Waals surface area contributed by atoms with Gasteiger partial charge in [0.2, 0.25) is 0 Å². The Balaban J connectivity index is 0.000000208. The van der Waals surface area contributed by atoms with E-state index in [4.69, 9.17) is 0 Å². The van der Waals surface area contributed by atoms with E-state index in [2.05, 4.69) is 51.1 Å². The molecule has 2 N–H and O–H groups in total. The Morgan fingerprint density at radius 2 is 0.722 bits per heavy atom. The topological polar surface area (TPSA) is 174 Å². The minimum absolute atomic E-state index is 0. The van der Waals surface area contributed by atoms with E-state index in [1.54, 1.807) is 69.4 Å². The summed E-state index contributed by atoms with van der Waals surface area (Å²) in [6, 6.07) is 42.6. The average Bonchev–Trinajstić information content (AvgIpc) is 3.63. The van der Waals surface area contributed by atoms with Crippen LogP contribution in [0.1, 0.15) is 18.8 Å². The second-order valence-electron chi connectivity index (χ2n) is 11.5. The summed E-state index contributed by atoms with van der Waals surface area (Å²) in [6.07, 6.45) is 0. The lowest BCUT2D eigenvalue weighted by Gasteiger charge is -1.99. The van der Waals surface area contributed by atoms with Crippen LogP contribution in [-0.4, -0.2) is 19.6 Å². The van der Waals surface area contributed by atoms with Crippen molar-refractivity contribution in [1.82, 2.24) is 19.6 Å². The third kappa shape index (κ3) is 9.85. The van der Waals surface area contributed by atoms with Crippen LogP contribution in [0.25, 0.3) is 5.69 Å². The van der Waals surface area contributed by atoms with Crippen LogP contribution < -0.4 is 11.1 Å². The molecule has 14 nitrogen and oxygen atoms in total. The summed E-state index contributed by atoms with van der Waals surface area (Å²) in [7, 11) is 1.64. The molecule has 2 heterocycles. The number of nitrogens with one attached hydrogen (secondary N) is 2. The fourth-order valence-electron chi connectivity index (χ4n) is 4.81. The third-order valence-corrected chi connectivity index (χ3v) is 7.56. The minimum atomic E-state index is -0.245. The molecule has 7 rings (SSSR count). The van der Waals surface area contributed by atoms with Crippen LogP contribution in [0, 0.1) is 13.8 Å². The van der Waals surface area contributed by atoms with Crippen molar-refractivity contribution >= 4 is 45.5 Å². The minimum Gasteiger partial charge on any atom is -0.298 e. The number of aryl methyl sites for hydroxylation is 3. The summed E-state index contributed by atoms with van der Waals surface area (Å²) in [5.74, 6) is 0. The zero-order chi connectivity index (χ0) is 37.0. The number of aromatic amines is 2. The summed E-state index contributed by atoms with van der Waals surface area (Å²) in [4.78, 5) is 24.5. The van der Waals surface area contributed by atoms with Crippen LogP contribution >= 0.6 is 0 Å². The van der Waals surface area contributed by atoms with Crippen molar-refractivity contribution in [2.75, 3.05) is 0 Å². The summed E-state index contributed by atoms with van der Waals surface area (Å²) in [5.41, 5.74) is 6.47. The van der Waals surface area contributed by atoms with Gasteiger partial charge < -0.3 is 0 Å². The van der Waals surface area contributed by atoms with Gasteiger partial charge in [-0.1, -0.05) is 62.0 Å². The molecule has 0 spiro atoms. The Hall–Kier alpha value is -7.48. The molecule has 0 aliphatic heterocycles. The van der Waals surface area contributed by atoms with Gasteiger partial charge in [-0.25, -0.2) is 4.68 Å². The molecule has 0 radical (unpaired) electrons. The molecule has 54 heavy (non-hydrogen) atoms. The molecular formula is C40H38N12O2. The fraction of sp³-hybridized carbons (Fsp3) is 0.100. The van der Waals surface area contributed by atoms with Crippen LogP contribution in [0.3, 0.4) is 0 Å². The van der Waals surface area contributed by atoms with Crippen LogP contribution in [0.15, 0.2) is 190 Å². The first-order chi connectivity index (χ1) is 25.8. The van der Waals surface area contributed by atoms with Gasteiger partial charge in [-0.2, -0.15) is 30.7 Å². The zero-order valence-electron chi connectivity index (χ0n) is 29.1. The number of nitrogens with zero attached hydrogens (tertiary/aromatic N) is 10. The summed E-state index contributed by atoms with van der Waals surface area (Å²) in [5, 5.41) is 39.0. The summed E-state index contributed by atoms with van der Waals surface area (Å²) < 4.78 is 2.83. The average molecular weight is 719 g/mol. The van der Waals surface area contributed by atoms with E-state index in [9.17, 15) is 9.59 Å². The predicted molar refractivity (Wildman–Crippen MR) is 211 cm³/mol. The maximum atomic E-state index is 12.6. The monoisotopic (exact) mass is 718 g/mol. The van der Waals surface area contributed by atoms with Crippen LogP contribution in [-0.2, 0) is 7.05 Å². The largest absolute Gasteiger partial charge is 0.299 e. The van der Waals surface area contributed by atoms with Gasteiger partial charge in [0.1, 0.15) is 0 Å². The van der Waals surface area contributed by atoms with Crippen molar-refractivity contribution in [1.29, 1.82) is 0 Å². The lowest BCUT2D eigenvalue weighted by atomic mass is 10.3. The first-order valence-corrected chi connectivity index (χ1v) is 16.4. The first-order valence-electron chi connectivity index (χ1n) is 16.4. The molecule has 7 aromatic rings. The van der Waals surface area contributed by atoms with Gasteiger partial charge in [-0.15, -0.1) is 10.2 Å². The molecule has 5 aromatic carbocycles. The maximum Gasteiger partial charge on any atom is 0.299 e. The smallest absolute Gasteiger partial charge is 0.298 e. The molecule has 0 saturated carbocycles. The number of aromatic nitrogens is 4. The quantitative estimate of drug-likeness (QED) is 0.141. The van der Waals surface area contributed by atoms with Crippen molar-refractivity contribution in [3.8, 4) is 5.69 Å². The van der Waals surface area contributed by atoms with Crippen molar-refractivity contribution < 1.29 is 0 Å². The Morgan fingerprint density at radius 1 is 0.407 bits per heavy atom. The van der Waals surface area contributed by atoms with Crippen LogP contribution in [0.5, 0.6) is 0 Å². The number of azo groups is 4. The van der Waals surface area contributed by atoms with E-state index >= 15 is 0 Å². The number of benzene rings is 5. The van der Waals surface area contributed by atoms with Gasteiger partial charge >= 0.3 is 0 Å². The van der Waals surface area contributed by atoms with E-state index in [0.29, 0.717) is 39.8 Å². The summed E-state index contributed by atoms with van der Waals surface area (Å²) >= 11 is 0. The molecule has 0 aliphatic rings. The Bertz CT molecular complexity index is 2500. The lowest BCUT2D eigenvalue weighted by Crippen LogP contribution is -2.13. The second kappa shape index (κ2) is 18.1. The van der Waals surface area contributed by atoms with E-state index in [1.165, 1.54) is 9.36 Å². The molecule has 0 amide bonds. The number of H-pyrrole nitrogens is 2. The van der Waals surface area contributed by atoms with E-state index < -0.39 is 0 Å². The molecule has 2 aromatic heterocycles. The lowest BCUT2D eigenvalue weighted by molar-refractivity contribution is 0.731. The normalized spacial score (nSPS) is 11.3. The van der Waals surface area contributed by atoms with Crippen molar-refractivity contribution in [3.63, 3.8) is 0 Å². The van der Waals surface area contributed by atoms with E-state index in [1.807, 2.05) is 91.0 Å². The molecule has 0 bridgehead atoms. The number of para-hydroxylation sites is 1. The highest BCUT2D eigenvalue weighted by molar-refractivity contribution is 5.50. The maximum absolute atomic E-state index is 12.6. The number of hydrogen-bond donors (Lipinski definition) is 2. The SMILES string of the molecule is C.Cc1[nH]n(-c2ccccc2)c(=O)c1N=Nc1ccc(N=Nc2ccccc2)cc1.Cc1[nH]n(C)c(=O)c1N=Nc1ccc(N=Nc2ccccc2)cc1. The van der Waals surface area contributed by atoms with E-state index in [-0.39, 0.29) is 24.2 Å². The van der Waals surface area contributed by atoms with Gasteiger partial charge in [0.05, 0.1) is 51.2 Å². The number of rotatable bonds is 9. The van der Waals surface area contributed by atoms with Gasteiger partial charge in [-0.3, -0.25) is 24.5 Å². The Morgan fingerprint density at radius 3 is 1.09 bits per heavy atom. The van der Waals surface area contributed by atoms with Crippen molar-refractivity contribution in [2.24, 2.45) is 48.0 Å². The Labute approximate surface area is 311 Å². The first kappa shape index (κ1) is 37.8. The highest BCUT2D eigenvalue weighted by Crippen LogP contribution is 2.25. The molecule has 0 atom stereocenters. The zero-order valence-corrected chi connectivity index (χ0v) is 29.1. The van der Waals surface area contributed by atoms with Gasteiger partial charge in [0, 0.05) is 7.05 Å². The third-order valence-electron chi connectivity index (χ3n) is 7.56. The molecule has 14 heteroatoms. The van der Waals surface area contributed by atoms with Crippen molar-refractivity contribution in [3.05, 3.63) is 172 Å². The summed E-state index contributed by atoms with van der Waals surface area (Å²) in [6.45, 7) is 3.57. The second-order valence-corrected chi connectivity index (χ2v) is 11.5. The predicted octanol–water partition coefficient (Wildman–Crippen LogP) is 11.8. The Kier molecular flexibility index (Phi) is 12.7. The molecule has 0 fully saturated rings. The standard InChI is InChI=1S/C22H18N6O.C17H16N6O.CH4/c1-16-21(22(29)28(27-16)20-10-6-3-7-11-20)26-25-19-14-12-18(13-15-19)24-23-17-8-4-2-5-9-17;1-12-16(17(24)23(2)22-12)21-20-15-10-8-14(9-11-15)19-18-13-6-4-3-5-7-13;/h2-15,27H,1H3;3-11,22H,1-2H3;1H4. The molecule has 0 unspecified atom stereocenters. The molecular weight excluding hydrogens is 681 g/mol. The molecule has 270 valence electrons. The van der Waals surface area contributed by atoms with Crippen LogP contribution in [0.2, 0.25) is 0 Å². The fourth-order valence-corrected chi connectivity index (χ4v) is 4.81. The highest BCUT2D eigenvalue weighted by atomic mass is 16.1. The van der Waals surface area contributed by atoms with Gasteiger partial charge in [0.25, 0.3) is 11.1 Å². The van der Waals surface area contributed by atoms with Gasteiger partial charge in [-0.05, 0) is 98.8 Å². The molecule has 0 saturated heterocycles. The van der Waals surface area contributed by atoms with Crippen LogP contribution in [0.4, 0.5) is 45.5 Å². The molecule has 0 aliphatic carbocycles. The number of hydrogen-bond acceptors (Lipinski definition) is 10.